The molecule has 0 radical (unpaired) electrons. The molecule has 2 N–H and O–H groups in total. The molecular formula is C21H19N5O. The van der Waals surface area contributed by atoms with Gasteiger partial charge in [-0.2, -0.15) is 5.10 Å². The van der Waals surface area contributed by atoms with Crippen molar-refractivity contribution < 1.29 is 4.79 Å². The summed E-state index contributed by atoms with van der Waals surface area (Å²) >= 11 is 0. The Hall–Kier alpha value is -3.54. The number of hydrogen-bond acceptors (Lipinski definition) is 6. The number of hydrazone groups is 1. The zero-order chi connectivity index (χ0) is 18.5. The number of carbonyl (C=O) groups excluding carboxylic acids is 1. The van der Waals surface area contributed by atoms with Crippen LogP contribution in [0.2, 0.25) is 0 Å². The van der Waals surface area contributed by atoms with Crippen molar-refractivity contribution in [2.45, 2.75) is 6.54 Å². The summed E-state index contributed by atoms with van der Waals surface area (Å²) in [5.41, 5.74) is 7.70. The quantitative estimate of drug-likeness (QED) is 0.805. The molecule has 134 valence electrons. The number of nitrogens with one attached hydrogen (secondary N) is 2. The number of fused-ring (bicyclic) bond motifs is 1. The van der Waals surface area contributed by atoms with Crippen molar-refractivity contribution in [2.75, 3.05) is 11.9 Å². The Labute approximate surface area is 157 Å². The maximum Gasteiger partial charge on any atom is 0.153 e. The monoisotopic (exact) mass is 357 g/mol. The van der Waals surface area contributed by atoms with Crippen LogP contribution in [0.3, 0.4) is 0 Å². The highest BCUT2D eigenvalue weighted by Gasteiger charge is 2.11. The molecule has 0 aromatic carbocycles. The molecule has 2 aliphatic rings. The molecule has 6 nitrogen and oxygen atoms in total. The molecule has 2 aromatic rings. The molecular weight excluding hydrogens is 338 g/mol. The van der Waals surface area contributed by atoms with Gasteiger partial charge in [-0.25, -0.2) is 4.98 Å². The van der Waals surface area contributed by atoms with Crippen molar-refractivity contribution in [1.82, 2.24) is 15.4 Å². The van der Waals surface area contributed by atoms with E-state index in [-0.39, 0.29) is 5.92 Å². The van der Waals surface area contributed by atoms with E-state index in [1.54, 1.807) is 24.5 Å². The summed E-state index contributed by atoms with van der Waals surface area (Å²) in [6, 6.07) is 5.62. The third-order valence-corrected chi connectivity index (χ3v) is 4.51. The van der Waals surface area contributed by atoms with Gasteiger partial charge in [-0.3, -0.25) is 9.78 Å². The molecule has 0 spiro atoms. The molecule has 1 atom stereocenters. The maximum atomic E-state index is 11.1. The van der Waals surface area contributed by atoms with Gasteiger partial charge in [0.05, 0.1) is 24.0 Å². The van der Waals surface area contributed by atoms with E-state index in [9.17, 15) is 4.79 Å². The van der Waals surface area contributed by atoms with Crippen LogP contribution in [0.15, 0.2) is 66.1 Å². The average molecular weight is 357 g/mol. The Morgan fingerprint density at radius 2 is 2.26 bits per heavy atom. The van der Waals surface area contributed by atoms with Gasteiger partial charge in [0.25, 0.3) is 0 Å². The number of aromatic nitrogens is 2. The van der Waals surface area contributed by atoms with E-state index in [0.717, 1.165) is 28.7 Å². The lowest BCUT2D eigenvalue weighted by atomic mass is 10.0. The van der Waals surface area contributed by atoms with E-state index in [0.29, 0.717) is 24.5 Å². The Bertz CT molecular complexity index is 974. The Kier molecular flexibility index (Phi) is 4.87. The Balaban J connectivity index is 1.46. The lowest BCUT2D eigenvalue weighted by Crippen LogP contribution is -2.15. The number of aldehydes is 1. The number of allylic oxidation sites excluding steroid dienone is 4. The lowest BCUT2D eigenvalue weighted by molar-refractivity contribution is 0.112. The van der Waals surface area contributed by atoms with Crippen LogP contribution in [0.5, 0.6) is 0 Å². The van der Waals surface area contributed by atoms with Crippen molar-refractivity contribution in [3.8, 4) is 0 Å². The van der Waals surface area contributed by atoms with E-state index in [2.05, 4.69) is 62.3 Å². The molecule has 0 bridgehead atoms. The van der Waals surface area contributed by atoms with Gasteiger partial charge in [-0.05, 0) is 23.8 Å². The van der Waals surface area contributed by atoms with Crippen LogP contribution in [0.25, 0.3) is 5.57 Å². The molecule has 27 heavy (non-hydrogen) atoms. The van der Waals surface area contributed by atoms with Gasteiger partial charge in [0.2, 0.25) is 0 Å². The molecule has 1 aliphatic heterocycles. The van der Waals surface area contributed by atoms with Crippen molar-refractivity contribution in [3.63, 3.8) is 0 Å². The minimum atomic E-state index is 0.191. The first-order valence-corrected chi connectivity index (χ1v) is 8.79. The van der Waals surface area contributed by atoms with Gasteiger partial charge >= 0.3 is 0 Å². The molecule has 1 unspecified atom stereocenters. The molecule has 6 heteroatoms. The van der Waals surface area contributed by atoms with Gasteiger partial charge in [0, 0.05) is 36.0 Å². The predicted molar refractivity (Wildman–Crippen MR) is 107 cm³/mol. The average Bonchev–Trinajstić information content (AvgIpc) is 2.98. The molecule has 0 fully saturated rings. The highest BCUT2D eigenvalue weighted by Crippen LogP contribution is 2.22. The first kappa shape index (κ1) is 16.9. The van der Waals surface area contributed by atoms with Crippen LogP contribution in [0, 0.1) is 5.92 Å². The predicted octanol–water partition coefficient (Wildman–Crippen LogP) is 2.96. The first-order chi connectivity index (χ1) is 13.3. The number of pyridine rings is 2. The fraction of sp³-hybridized carbons (Fsp3) is 0.143. The normalized spacial score (nSPS) is 17.5. The summed E-state index contributed by atoms with van der Waals surface area (Å²) in [5, 5.41) is 7.35. The van der Waals surface area contributed by atoms with Crippen LogP contribution >= 0.6 is 0 Å². The largest absolute Gasteiger partial charge is 0.369 e. The van der Waals surface area contributed by atoms with E-state index in [1.807, 2.05) is 6.20 Å². The number of carbonyl (C=O) groups is 1. The molecule has 0 saturated heterocycles. The van der Waals surface area contributed by atoms with Crippen LogP contribution in [0.1, 0.15) is 27.2 Å². The SMILES string of the molecule is O=Cc1cccnc1NCC1C=CC=C(c2cnc3c(c2)C=NNC3)C=C1. The number of hydrogen-bond donors (Lipinski definition) is 2. The Morgan fingerprint density at radius 1 is 1.30 bits per heavy atom. The van der Waals surface area contributed by atoms with Crippen LogP contribution in [-0.4, -0.2) is 29.0 Å². The summed E-state index contributed by atoms with van der Waals surface area (Å²) in [7, 11) is 0. The number of nitrogens with zero attached hydrogens (tertiary/aromatic N) is 3. The second-order valence-corrected chi connectivity index (χ2v) is 6.32. The molecule has 0 saturated carbocycles. The second kappa shape index (κ2) is 7.78. The van der Waals surface area contributed by atoms with Gasteiger partial charge in [-0.1, -0.05) is 30.4 Å². The van der Waals surface area contributed by atoms with Crippen molar-refractivity contribution in [1.29, 1.82) is 0 Å². The maximum absolute atomic E-state index is 11.1. The zero-order valence-electron chi connectivity index (χ0n) is 14.7. The highest BCUT2D eigenvalue weighted by molar-refractivity contribution is 5.85. The van der Waals surface area contributed by atoms with Crippen molar-refractivity contribution >= 4 is 23.9 Å². The standard InChI is InChI=1S/C21H19N5O/c27-14-17-5-2-8-22-21(17)24-10-15-3-1-4-16(7-6-15)18-9-19-12-25-26-13-20(19)23-11-18/h1-9,11-12,14-15,26H,10,13H2,(H,22,24). The summed E-state index contributed by atoms with van der Waals surface area (Å²) in [5.74, 6) is 0.801. The molecule has 2 aromatic heterocycles. The minimum absolute atomic E-state index is 0.191. The fourth-order valence-corrected chi connectivity index (χ4v) is 3.02. The molecule has 3 heterocycles. The smallest absolute Gasteiger partial charge is 0.153 e. The van der Waals surface area contributed by atoms with Gasteiger partial charge in [0.1, 0.15) is 5.82 Å². The second-order valence-electron chi connectivity index (χ2n) is 6.32. The van der Waals surface area contributed by atoms with Gasteiger partial charge in [0.15, 0.2) is 6.29 Å². The summed E-state index contributed by atoms with van der Waals surface area (Å²) in [4.78, 5) is 19.9. The summed E-state index contributed by atoms with van der Waals surface area (Å²) in [6.45, 7) is 1.32. The van der Waals surface area contributed by atoms with Crippen LogP contribution in [0.4, 0.5) is 5.82 Å². The van der Waals surface area contributed by atoms with Crippen molar-refractivity contribution in [2.24, 2.45) is 11.0 Å². The van der Waals surface area contributed by atoms with Gasteiger partial charge in [-0.15, -0.1) is 0 Å². The van der Waals surface area contributed by atoms with E-state index < -0.39 is 0 Å². The van der Waals surface area contributed by atoms with E-state index in [1.165, 1.54) is 0 Å². The molecule has 4 rings (SSSR count). The minimum Gasteiger partial charge on any atom is -0.369 e. The summed E-state index contributed by atoms with van der Waals surface area (Å²) in [6.07, 6.45) is 16.7. The number of rotatable bonds is 5. The van der Waals surface area contributed by atoms with Gasteiger partial charge < -0.3 is 10.7 Å². The van der Waals surface area contributed by atoms with E-state index in [4.69, 9.17) is 0 Å². The summed E-state index contributed by atoms with van der Waals surface area (Å²) < 4.78 is 0. The molecule has 0 amide bonds. The Morgan fingerprint density at radius 3 is 3.19 bits per heavy atom. The van der Waals surface area contributed by atoms with Crippen molar-refractivity contribution in [3.05, 3.63) is 83.4 Å². The lowest BCUT2D eigenvalue weighted by Gasteiger charge is -2.12. The fourth-order valence-electron chi connectivity index (χ4n) is 3.02. The third-order valence-electron chi connectivity index (χ3n) is 4.51. The zero-order valence-corrected chi connectivity index (χ0v) is 14.7. The molecule has 1 aliphatic carbocycles. The highest BCUT2D eigenvalue weighted by atomic mass is 16.1. The third kappa shape index (κ3) is 3.84. The van der Waals surface area contributed by atoms with Crippen LogP contribution < -0.4 is 10.7 Å². The van der Waals surface area contributed by atoms with E-state index >= 15 is 0 Å². The topological polar surface area (TPSA) is 79.3 Å². The first-order valence-electron chi connectivity index (χ1n) is 8.79. The number of anilines is 1. The van der Waals surface area contributed by atoms with Crippen LogP contribution in [-0.2, 0) is 6.54 Å².